The summed E-state index contributed by atoms with van der Waals surface area (Å²) in [4.78, 5) is 21.1. The number of rotatable bonds is 4. The highest BCUT2D eigenvalue weighted by molar-refractivity contribution is 5.85. The van der Waals surface area contributed by atoms with Gasteiger partial charge in [-0.15, -0.1) is 0 Å². The van der Waals surface area contributed by atoms with E-state index in [-0.39, 0.29) is 12.1 Å². The molecule has 6 nitrogen and oxygen atoms in total. The molecule has 0 unspecified atom stereocenters. The Morgan fingerprint density at radius 2 is 2.07 bits per heavy atom. The van der Waals surface area contributed by atoms with Crippen molar-refractivity contribution in [3.05, 3.63) is 18.0 Å². The fourth-order valence-electron chi connectivity index (χ4n) is 1.23. The number of nitrogens with zero attached hydrogens (tertiary/aromatic N) is 2. The number of hydrogen-bond donors (Lipinski definition) is 2. The molecular formula is C9H12N2O4. The number of aromatic carboxylic acids is 1. The lowest BCUT2D eigenvalue weighted by atomic mass is 10.0. The Bertz CT molecular complexity index is 395. The summed E-state index contributed by atoms with van der Waals surface area (Å²) in [5.74, 6) is -2.08. The molecule has 82 valence electrons. The van der Waals surface area contributed by atoms with E-state index in [0.717, 1.165) is 0 Å². The summed E-state index contributed by atoms with van der Waals surface area (Å²) >= 11 is 0. The molecule has 1 aromatic heterocycles. The predicted molar refractivity (Wildman–Crippen MR) is 50.8 cm³/mol. The van der Waals surface area contributed by atoms with Gasteiger partial charge in [-0.3, -0.25) is 9.48 Å². The van der Waals surface area contributed by atoms with E-state index >= 15 is 0 Å². The van der Waals surface area contributed by atoms with Gasteiger partial charge in [0.2, 0.25) is 0 Å². The lowest BCUT2D eigenvalue weighted by molar-refractivity contribution is -0.139. The van der Waals surface area contributed by atoms with E-state index in [2.05, 4.69) is 5.10 Å². The van der Waals surface area contributed by atoms with Gasteiger partial charge in [-0.05, 0) is 19.9 Å². The fraction of sp³-hybridized carbons (Fsp3) is 0.444. The maximum Gasteiger partial charge on any atom is 0.356 e. The standard InChI is InChI=1S/C9H12N2O4/c1-9(2,5-7(12)13)11-4-3-6(10-11)8(14)15/h3-4H,5H2,1-2H3,(H,12,13)(H,14,15). The summed E-state index contributed by atoms with van der Waals surface area (Å²) in [6.45, 7) is 3.36. The van der Waals surface area contributed by atoms with Crippen molar-refractivity contribution in [1.82, 2.24) is 9.78 Å². The van der Waals surface area contributed by atoms with Crippen molar-refractivity contribution in [3.8, 4) is 0 Å². The molecule has 0 aromatic carbocycles. The van der Waals surface area contributed by atoms with Gasteiger partial charge >= 0.3 is 11.9 Å². The Hall–Kier alpha value is -1.85. The SMILES string of the molecule is CC(C)(CC(=O)O)n1ccc(C(=O)O)n1. The maximum atomic E-state index is 10.6. The maximum absolute atomic E-state index is 10.6. The Balaban J connectivity index is 2.94. The average Bonchev–Trinajstić information content (AvgIpc) is 2.48. The van der Waals surface area contributed by atoms with Gasteiger partial charge in [-0.1, -0.05) is 0 Å². The molecule has 6 heteroatoms. The molecule has 0 aliphatic rings. The monoisotopic (exact) mass is 212 g/mol. The Kier molecular flexibility index (Phi) is 2.78. The number of carboxylic acids is 2. The Morgan fingerprint density at radius 1 is 1.47 bits per heavy atom. The molecular weight excluding hydrogens is 200 g/mol. The molecule has 0 radical (unpaired) electrons. The Labute approximate surface area is 86.1 Å². The summed E-state index contributed by atoms with van der Waals surface area (Å²) in [6.07, 6.45) is 1.35. The lowest BCUT2D eigenvalue weighted by Gasteiger charge is -2.22. The van der Waals surface area contributed by atoms with Crippen LogP contribution in [0.1, 0.15) is 30.8 Å². The van der Waals surface area contributed by atoms with Crippen molar-refractivity contribution in [2.24, 2.45) is 0 Å². The molecule has 1 aromatic rings. The third-order valence-corrected chi connectivity index (χ3v) is 2.01. The van der Waals surface area contributed by atoms with Crippen molar-refractivity contribution >= 4 is 11.9 Å². The molecule has 0 spiro atoms. The van der Waals surface area contributed by atoms with Gasteiger partial charge in [0.05, 0.1) is 12.0 Å². The summed E-state index contributed by atoms with van der Waals surface area (Å²) in [6, 6.07) is 1.34. The molecule has 15 heavy (non-hydrogen) atoms. The van der Waals surface area contributed by atoms with Crippen molar-refractivity contribution in [2.45, 2.75) is 25.8 Å². The van der Waals surface area contributed by atoms with Gasteiger partial charge in [0, 0.05) is 6.20 Å². The topological polar surface area (TPSA) is 92.4 Å². The van der Waals surface area contributed by atoms with Crippen LogP contribution in [0.15, 0.2) is 12.3 Å². The minimum Gasteiger partial charge on any atom is -0.481 e. The predicted octanol–water partition coefficient (Wildman–Crippen LogP) is 0.791. The number of aliphatic carboxylic acids is 1. The zero-order valence-electron chi connectivity index (χ0n) is 8.47. The highest BCUT2D eigenvalue weighted by Gasteiger charge is 2.25. The van der Waals surface area contributed by atoms with Crippen LogP contribution in [0.25, 0.3) is 0 Å². The first-order chi connectivity index (χ1) is 6.83. The summed E-state index contributed by atoms with van der Waals surface area (Å²) < 4.78 is 1.35. The van der Waals surface area contributed by atoms with Crippen LogP contribution >= 0.6 is 0 Å². The van der Waals surface area contributed by atoms with Crippen LogP contribution in [-0.4, -0.2) is 31.9 Å². The van der Waals surface area contributed by atoms with Crippen LogP contribution in [-0.2, 0) is 10.3 Å². The highest BCUT2D eigenvalue weighted by atomic mass is 16.4. The minimum atomic E-state index is -1.13. The quantitative estimate of drug-likeness (QED) is 0.769. The molecule has 0 fully saturated rings. The van der Waals surface area contributed by atoms with E-state index in [0.29, 0.717) is 0 Å². The number of carbonyl (C=O) groups is 2. The van der Waals surface area contributed by atoms with E-state index < -0.39 is 17.5 Å². The van der Waals surface area contributed by atoms with Crippen LogP contribution in [0.5, 0.6) is 0 Å². The lowest BCUT2D eigenvalue weighted by Crippen LogP contribution is -2.30. The molecule has 0 aliphatic carbocycles. The second-order valence-corrected chi connectivity index (χ2v) is 3.83. The normalized spacial score (nSPS) is 11.3. The summed E-state index contributed by atoms with van der Waals surface area (Å²) in [7, 11) is 0. The molecule has 1 rings (SSSR count). The van der Waals surface area contributed by atoms with E-state index in [4.69, 9.17) is 10.2 Å². The fourth-order valence-corrected chi connectivity index (χ4v) is 1.23. The Morgan fingerprint density at radius 3 is 2.47 bits per heavy atom. The first kappa shape index (κ1) is 11.2. The van der Waals surface area contributed by atoms with Gasteiger partial charge in [0.15, 0.2) is 5.69 Å². The zero-order valence-corrected chi connectivity index (χ0v) is 8.47. The van der Waals surface area contributed by atoms with Gasteiger partial charge < -0.3 is 10.2 Å². The van der Waals surface area contributed by atoms with E-state index in [1.54, 1.807) is 13.8 Å². The largest absolute Gasteiger partial charge is 0.481 e. The van der Waals surface area contributed by atoms with Gasteiger partial charge in [-0.25, -0.2) is 4.79 Å². The van der Waals surface area contributed by atoms with E-state index in [1.165, 1.54) is 16.9 Å². The van der Waals surface area contributed by atoms with Crippen molar-refractivity contribution in [2.75, 3.05) is 0 Å². The van der Waals surface area contributed by atoms with E-state index in [1.807, 2.05) is 0 Å². The zero-order chi connectivity index (χ0) is 11.6. The minimum absolute atomic E-state index is 0.0894. The van der Waals surface area contributed by atoms with Crippen LogP contribution in [0.4, 0.5) is 0 Å². The van der Waals surface area contributed by atoms with E-state index in [9.17, 15) is 9.59 Å². The molecule has 0 atom stereocenters. The summed E-state index contributed by atoms with van der Waals surface area (Å²) in [5.41, 5.74) is -0.826. The molecule has 0 aliphatic heterocycles. The second kappa shape index (κ2) is 3.72. The van der Waals surface area contributed by atoms with Crippen molar-refractivity contribution in [3.63, 3.8) is 0 Å². The third kappa shape index (κ3) is 2.55. The first-order valence-electron chi connectivity index (χ1n) is 4.34. The molecule has 0 bridgehead atoms. The van der Waals surface area contributed by atoms with Crippen molar-refractivity contribution < 1.29 is 19.8 Å². The number of aromatic nitrogens is 2. The second-order valence-electron chi connectivity index (χ2n) is 3.83. The third-order valence-electron chi connectivity index (χ3n) is 2.01. The van der Waals surface area contributed by atoms with Crippen LogP contribution in [0, 0.1) is 0 Å². The van der Waals surface area contributed by atoms with Crippen molar-refractivity contribution in [1.29, 1.82) is 0 Å². The highest BCUT2D eigenvalue weighted by Crippen LogP contribution is 2.18. The van der Waals surface area contributed by atoms with Crippen LogP contribution < -0.4 is 0 Å². The number of hydrogen-bond acceptors (Lipinski definition) is 3. The number of carboxylic acid groups (broad SMARTS) is 2. The molecule has 0 saturated carbocycles. The first-order valence-corrected chi connectivity index (χ1v) is 4.34. The van der Waals surface area contributed by atoms with Gasteiger partial charge in [0.25, 0.3) is 0 Å². The average molecular weight is 212 g/mol. The summed E-state index contributed by atoms with van der Waals surface area (Å²) in [5, 5.41) is 21.1. The molecule has 1 heterocycles. The van der Waals surface area contributed by atoms with Gasteiger partial charge in [-0.2, -0.15) is 5.10 Å². The van der Waals surface area contributed by atoms with Crippen LogP contribution in [0.3, 0.4) is 0 Å². The van der Waals surface area contributed by atoms with Crippen LogP contribution in [0.2, 0.25) is 0 Å². The molecule has 0 amide bonds. The molecule has 2 N–H and O–H groups in total. The smallest absolute Gasteiger partial charge is 0.356 e. The van der Waals surface area contributed by atoms with Gasteiger partial charge in [0.1, 0.15) is 0 Å². The molecule has 0 saturated heterocycles.